The molecule has 0 radical (unpaired) electrons. The molecule has 15 heavy (non-hydrogen) atoms. The Bertz CT molecular complexity index is 351. The highest BCUT2D eigenvalue weighted by Crippen LogP contribution is 2.37. The van der Waals surface area contributed by atoms with Crippen LogP contribution in [-0.2, 0) is 0 Å². The molecule has 5 heteroatoms. The minimum atomic E-state index is -4.38. The van der Waals surface area contributed by atoms with Gasteiger partial charge in [0.15, 0.2) is 0 Å². The summed E-state index contributed by atoms with van der Waals surface area (Å²) in [6.07, 6.45) is -3.56. The van der Waals surface area contributed by atoms with E-state index in [4.69, 9.17) is 23.2 Å². The minimum absolute atomic E-state index is 0.00463. The van der Waals surface area contributed by atoms with Gasteiger partial charge in [-0.05, 0) is 23.8 Å². The average Bonchev–Trinajstić information content (AvgIpc) is 1.99. The van der Waals surface area contributed by atoms with Gasteiger partial charge in [0.2, 0.25) is 0 Å². The van der Waals surface area contributed by atoms with Crippen LogP contribution in [0.4, 0.5) is 13.2 Å². The lowest BCUT2D eigenvalue weighted by molar-refractivity contribution is -0.139. The zero-order valence-electron chi connectivity index (χ0n) is 7.48. The number of hydrogen-bond donors (Lipinski definition) is 0. The van der Waals surface area contributed by atoms with Crippen molar-refractivity contribution in [3.8, 4) is 0 Å². The Morgan fingerprint density at radius 2 is 1.60 bits per heavy atom. The van der Waals surface area contributed by atoms with Crippen LogP contribution in [0.3, 0.4) is 0 Å². The minimum Gasteiger partial charge on any atom is -0.170 e. The van der Waals surface area contributed by atoms with Gasteiger partial charge in [-0.1, -0.05) is 29.3 Å². The molecule has 0 aliphatic heterocycles. The summed E-state index contributed by atoms with van der Waals surface area (Å²) < 4.78 is 37.5. The lowest BCUT2D eigenvalue weighted by Crippen LogP contribution is -2.18. The third-order valence-corrected chi connectivity index (χ3v) is 2.27. The van der Waals surface area contributed by atoms with Crippen molar-refractivity contribution in [2.45, 2.75) is 12.1 Å². The summed E-state index contributed by atoms with van der Waals surface area (Å²) >= 11 is 11.2. The molecule has 0 saturated carbocycles. The van der Waals surface area contributed by atoms with Crippen molar-refractivity contribution < 1.29 is 13.2 Å². The van der Waals surface area contributed by atoms with E-state index in [1.165, 1.54) is 18.2 Å². The van der Waals surface area contributed by atoms with Crippen molar-refractivity contribution in [1.82, 2.24) is 0 Å². The monoisotopic (exact) mass is 254 g/mol. The van der Waals surface area contributed by atoms with E-state index in [1.54, 1.807) is 0 Å². The van der Waals surface area contributed by atoms with E-state index in [-0.39, 0.29) is 15.6 Å². The van der Waals surface area contributed by atoms with E-state index in [1.807, 2.05) is 0 Å². The van der Waals surface area contributed by atoms with E-state index in [2.05, 4.69) is 6.58 Å². The molecule has 82 valence electrons. The smallest absolute Gasteiger partial charge is 0.170 e. The van der Waals surface area contributed by atoms with Gasteiger partial charge < -0.3 is 0 Å². The summed E-state index contributed by atoms with van der Waals surface area (Å²) in [5, 5.41) is 0.349. The van der Waals surface area contributed by atoms with E-state index in [9.17, 15) is 13.2 Å². The molecule has 0 bridgehead atoms. The van der Waals surface area contributed by atoms with Gasteiger partial charge in [-0.2, -0.15) is 13.2 Å². The lowest BCUT2D eigenvalue weighted by atomic mass is 9.99. The van der Waals surface area contributed by atoms with Gasteiger partial charge in [-0.3, -0.25) is 0 Å². The van der Waals surface area contributed by atoms with Crippen LogP contribution in [0.2, 0.25) is 10.0 Å². The van der Waals surface area contributed by atoms with Crippen LogP contribution < -0.4 is 0 Å². The molecule has 1 aromatic carbocycles. The van der Waals surface area contributed by atoms with Crippen molar-refractivity contribution in [3.05, 3.63) is 46.5 Å². The highest BCUT2D eigenvalue weighted by Gasteiger charge is 2.38. The van der Waals surface area contributed by atoms with E-state index >= 15 is 0 Å². The first-order chi connectivity index (χ1) is 6.84. The molecule has 0 N–H and O–H groups in total. The van der Waals surface area contributed by atoms with Crippen LogP contribution in [0.5, 0.6) is 0 Å². The van der Waals surface area contributed by atoms with Crippen molar-refractivity contribution in [3.63, 3.8) is 0 Å². The fourth-order valence-electron chi connectivity index (χ4n) is 1.21. The maximum Gasteiger partial charge on any atom is 0.399 e. The van der Waals surface area contributed by atoms with Gasteiger partial charge in [0.25, 0.3) is 0 Å². The summed E-state index contributed by atoms with van der Waals surface area (Å²) in [5.41, 5.74) is -0.00463. The van der Waals surface area contributed by atoms with Crippen molar-refractivity contribution in [2.24, 2.45) is 0 Å². The number of alkyl halides is 3. The van der Waals surface area contributed by atoms with Crippen LogP contribution in [0, 0.1) is 0 Å². The van der Waals surface area contributed by atoms with Crippen molar-refractivity contribution in [2.75, 3.05) is 0 Å². The molecule has 0 aliphatic carbocycles. The highest BCUT2D eigenvalue weighted by molar-refractivity contribution is 6.34. The van der Waals surface area contributed by atoms with Gasteiger partial charge in [-0.25, -0.2) is 0 Å². The highest BCUT2D eigenvalue weighted by atomic mass is 35.5. The predicted molar refractivity (Wildman–Crippen MR) is 55.5 cm³/mol. The fraction of sp³-hybridized carbons (Fsp3) is 0.200. The predicted octanol–water partition coefficient (Wildman–Crippen LogP) is 4.83. The Hall–Kier alpha value is -0.670. The Kier molecular flexibility index (Phi) is 3.68. The molecule has 0 aromatic heterocycles. The molecular formula is C10H7Cl2F3. The van der Waals surface area contributed by atoms with E-state index in [0.717, 1.165) is 6.08 Å². The summed E-state index contributed by atoms with van der Waals surface area (Å²) in [4.78, 5) is 0. The van der Waals surface area contributed by atoms with Crippen LogP contribution >= 0.6 is 23.2 Å². The SMILES string of the molecule is C=CC(c1cc(Cl)cc(Cl)c1)C(F)(F)F. The number of halogens is 5. The zero-order valence-corrected chi connectivity index (χ0v) is 9.00. The summed E-state index contributed by atoms with van der Waals surface area (Å²) in [6, 6.07) is 3.84. The Morgan fingerprint density at radius 3 is 1.93 bits per heavy atom. The largest absolute Gasteiger partial charge is 0.399 e. The normalized spacial score (nSPS) is 13.7. The maximum atomic E-state index is 12.5. The first-order valence-electron chi connectivity index (χ1n) is 4.00. The van der Waals surface area contributed by atoms with Gasteiger partial charge in [0.05, 0.1) is 5.92 Å². The summed E-state index contributed by atoms with van der Waals surface area (Å²) in [5.74, 6) is -1.74. The molecule has 0 spiro atoms. The molecule has 0 amide bonds. The first-order valence-corrected chi connectivity index (χ1v) is 4.75. The van der Waals surface area contributed by atoms with Gasteiger partial charge in [-0.15, -0.1) is 6.58 Å². The maximum absolute atomic E-state index is 12.5. The summed E-state index contributed by atoms with van der Waals surface area (Å²) in [7, 11) is 0. The van der Waals surface area contributed by atoms with Crippen LogP contribution in [0.1, 0.15) is 11.5 Å². The molecule has 1 rings (SSSR count). The molecule has 0 aliphatic rings. The van der Waals surface area contributed by atoms with Crippen molar-refractivity contribution in [1.29, 1.82) is 0 Å². The molecule has 1 aromatic rings. The Labute approximate surface area is 95.3 Å². The number of benzene rings is 1. The second kappa shape index (κ2) is 4.45. The van der Waals surface area contributed by atoms with E-state index < -0.39 is 12.1 Å². The lowest BCUT2D eigenvalue weighted by Gasteiger charge is -2.17. The standard InChI is InChI=1S/C10H7Cl2F3/c1-2-9(10(13,14)15)6-3-7(11)5-8(12)4-6/h2-5,9H,1H2. The van der Waals surface area contributed by atoms with Crippen LogP contribution in [-0.4, -0.2) is 6.18 Å². The first kappa shape index (κ1) is 12.4. The second-order valence-corrected chi connectivity index (χ2v) is 3.83. The van der Waals surface area contributed by atoms with Crippen molar-refractivity contribution >= 4 is 23.2 Å². The molecule has 0 saturated heterocycles. The molecule has 1 unspecified atom stereocenters. The average molecular weight is 255 g/mol. The Balaban J connectivity index is 3.18. The topological polar surface area (TPSA) is 0 Å². The van der Waals surface area contributed by atoms with Crippen LogP contribution in [0.15, 0.2) is 30.9 Å². The zero-order chi connectivity index (χ0) is 11.6. The molecular weight excluding hydrogens is 248 g/mol. The number of rotatable bonds is 2. The third kappa shape index (κ3) is 3.14. The Morgan fingerprint density at radius 1 is 1.13 bits per heavy atom. The summed E-state index contributed by atoms with van der Waals surface area (Å²) in [6.45, 7) is 3.16. The molecule has 0 heterocycles. The molecule has 1 atom stereocenters. The third-order valence-electron chi connectivity index (χ3n) is 1.83. The number of hydrogen-bond acceptors (Lipinski definition) is 0. The van der Waals surface area contributed by atoms with Gasteiger partial charge in [0, 0.05) is 10.0 Å². The number of allylic oxidation sites excluding steroid dienone is 1. The molecule has 0 nitrogen and oxygen atoms in total. The second-order valence-electron chi connectivity index (χ2n) is 2.96. The van der Waals surface area contributed by atoms with Gasteiger partial charge >= 0.3 is 6.18 Å². The van der Waals surface area contributed by atoms with Gasteiger partial charge in [0.1, 0.15) is 0 Å². The van der Waals surface area contributed by atoms with E-state index in [0.29, 0.717) is 0 Å². The quantitative estimate of drug-likeness (QED) is 0.664. The molecule has 0 fully saturated rings. The fourth-order valence-corrected chi connectivity index (χ4v) is 1.76. The van der Waals surface area contributed by atoms with Crippen LogP contribution in [0.25, 0.3) is 0 Å².